The molecule has 8 heteroatoms. The number of hydrogen-bond donors (Lipinski definition) is 1. The molecule has 0 saturated carbocycles. The lowest BCUT2D eigenvalue weighted by Gasteiger charge is -2.31. The summed E-state index contributed by atoms with van der Waals surface area (Å²) < 4.78 is 10.4. The molecule has 116 valence electrons. The van der Waals surface area contributed by atoms with E-state index in [1.165, 1.54) is 11.3 Å². The number of carbonyl (C=O) groups excluding carboxylic acids is 1. The third-order valence-corrected chi connectivity index (χ3v) is 4.21. The second-order valence-corrected chi connectivity index (χ2v) is 5.75. The van der Waals surface area contributed by atoms with Gasteiger partial charge in [0.2, 0.25) is 0 Å². The van der Waals surface area contributed by atoms with Gasteiger partial charge in [-0.25, -0.2) is 4.98 Å². The lowest BCUT2D eigenvalue weighted by Crippen LogP contribution is -2.46. The van der Waals surface area contributed by atoms with Crippen LogP contribution in [-0.2, 0) is 9.53 Å². The topological polar surface area (TPSA) is 92.9 Å². The number of carboxylic acid groups (broad SMARTS) is 1. The Kier molecular flexibility index (Phi) is 4.21. The molecule has 1 aliphatic heterocycles. The molecule has 1 N–H and O–H groups in total. The number of thiazole rings is 1. The zero-order valence-electron chi connectivity index (χ0n) is 11.6. The number of furan rings is 1. The number of aromatic nitrogens is 1. The van der Waals surface area contributed by atoms with Gasteiger partial charge in [-0.15, -0.1) is 11.3 Å². The predicted octanol–water partition coefficient (Wildman–Crippen LogP) is 1.72. The number of aliphatic carboxylic acids is 1. The molecule has 7 nitrogen and oxygen atoms in total. The van der Waals surface area contributed by atoms with Crippen molar-refractivity contribution in [2.24, 2.45) is 0 Å². The van der Waals surface area contributed by atoms with Gasteiger partial charge in [0, 0.05) is 24.0 Å². The van der Waals surface area contributed by atoms with E-state index in [0.717, 1.165) is 5.56 Å². The lowest BCUT2D eigenvalue weighted by atomic mass is 10.2. The molecule has 2 aromatic rings. The van der Waals surface area contributed by atoms with Gasteiger partial charge in [0.25, 0.3) is 5.91 Å². The Balaban J connectivity index is 1.69. The number of amides is 1. The molecule has 1 unspecified atom stereocenters. The van der Waals surface area contributed by atoms with Crippen LogP contribution in [0.3, 0.4) is 0 Å². The first kappa shape index (κ1) is 14.7. The van der Waals surface area contributed by atoms with Crippen LogP contribution in [0.5, 0.6) is 0 Å². The maximum atomic E-state index is 12.5. The summed E-state index contributed by atoms with van der Waals surface area (Å²) in [4.78, 5) is 29.1. The van der Waals surface area contributed by atoms with Gasteiger partial charge < -0.3 is 19.2 Å². The molecule has 22 heavy (non-hydrogen) atoms. The number of nitrogens with zero attached hydrogens (tertiary/aromatic N) is 2. The highest BCUT2D eigenvalue weighted by atomic mass is 32.1. The summed E-state index contributed by atoms with van der Waals surface area (Å²) in [6, 6.07) is 1.78. The summed E-state index contributed by atoms with van der Waals surface area (Å²) in [7, 11) is 0. The fourth-order valence-electron chi connectivity index (χ4n) is 2.27. The summed E-state index contributed by atoms with van der Waals surface area (Å²) >= 11 is 1.37. The Hall–Kier alpha value is -2.19. The summed E-state index contributed by atoms with van der Waals surface area (Å²) in [5.74, 6) is -1.14. The maximum absolute atomic E-state index is 12.5. The summed E-state index contributed by atoms with van der Waals surface area (Å²) in [5, 5.41) is 11.2. The molecular weight excluding hydrogens is 308 g/mol. The van der Waals surface area contributed by atoms with Crippen LogP contribution in [0.15, 0.2) is 28.4 Å². The van der Waals surface area contributed by atoms with Crippen molar-refractivity contribution < 1.29 is 23.8 Å². The average molecular weight is 322 g/mol. The monoisotopic (exact) mass is 322 g/mol. The van der Waals surface area contributed by atoms with Crippen LogP contribution in [0.4, 0.5) is 0 Å². The molecule has 0 bridgehead atoms. The molecule has 1 atom stereocenters. The van der Waals surface area contributed by atoms with Gasteiger partial charge in [0.1, 0.15) is 17.0 Å². The van der Waals surface area contributed by atoms with E-state index in [1.54, 1.807) is 28.9 Å². The van der Waals surface area contributed by atoms with E-state index in [4.69, 9.17) is 14.3 Å². The minimum Gasteiger partial charge on any atom is -0.481 e. The van der Waals surface area contributed by atoms with Crippen molar-refractivity contribution in [3.05, 3.63) is 29.7 Å². The Labute approximate surface area is 130 Å². The SMILES string of the molecule is O=C(O)CC1CN(C(=O)c2csc(-c3ccoc3)n2)CCO1. The molecule has 0 radical (unpaired) electrons. The van der Waals surface area contributed by atoms with Crippen molar-refractivity contribution in [1.82, 2.24) is 9.88 Å². The van der Waals surface area contributed by atoms with Gasteiger partial charge in [-0.05, 0) is 6.07 Å². The number of hydrogen-bond acceptors (Lipinski definition) is 6. The van der Waals surface area contributed by atoms with Crippen LogP contribution in [0.2, 0.25) is 0 Å². The van der Waals surface area contributed by atoms with Gasteiger partial charge in [-0.2, -0.15) is 0 Å². The zero-order valence-corrected chi connectivity index (χ0v) is 12.4. The first-order chi connectivity index (χ1) is 10.6. The molecule has 1 fully saturated rings. The fourth-order valence-corrected chi connectivity index (χ4v) is 3.05. The van der Waals surface area contributed by atoms with Crippen LogP contribution in [0, 0.1) is 0 Å². The lowest BCUT2D eigenvalue weighted by molar-refractivity contribution is -0.141. The smallest absolute Gasteiger partial charge is 0.306 e. The number of rotatable bonds is 4. The Morgan fingerprint density at radius 3 is 3.09 bits per heavy atom. The highest BCUT2D eigenvalue weighted by molar-refractivity contribution is 7.13. The van der Waals surface area contributed by atoms with Crippen molar-refractivity contribution in [2.45, 2.75) is 12.5 Å². The average Bonchev–Trinajstić information content (AvgIpc) is 3.17. The highest BCUT2D eigenvalue weighted by Crippen LogP contribution is 2.25. The van der Waals surface area contributed by atoms with Crippen molar-refractivity contribution in [1.29, 1.82) is 0 Å². The van der Waals surface area contributed by atoms with Crippen LogP contribution in [0.1, 0.15) is 16.9 Å². The molecule has 3 heterocycles. The molecule has 0 spiro atoms. The maximum Gasteiger partial charge on any atom is 0.306 e. The van der Waals surface area contributed by atoms with E-state index in [9.17, 15) is 9.59 Å². The van der Waals surface area contributed by atoms with Gasteiger partial charge in [0.15, 0.2) is 0 Å². The van der Waals surface area contributed by atoms with Crippen molar-refractivity contribution in [2.75, 3.05) is 19.7 Å². The van der Waals surface area contributed by atoms with Crippen LogP contribution in [-0.4, -0.2) is 52.7 Å². The van der Waals surface area contributed by atoms with Crippen molar-refractivity contribution in [3.8, 4) is 10.6 Å². The second-order valence-electron chi connectivity index (χ2n) is 4.89. The van der Waals surface area contributed by atoms with E-state index in [1.807, 2.05) is 0 Å². The number of carboxylic acids is 1. The molecule has 0 aromatic carbocycles. The zero-order chi connectivity index (χ0) is 15.5. The molecule has 1 amide bonds. The van der Waals surface area contributed by atoms with Crippen LogP contribution in [0.25, 0.3) is 10.6 Å². The quantitative estimate of drug-likeness (QED) is 0.921. The number of carbonyl (C=O) groups is 2. The molecular formula is C14H14N2O5S. The first-order valence-electron chi connectivity index (χ1n) is 6.74. The minimum absolute atomic E-state index is 0.110. The first-order valence-corrected chi connectivity index (χ1v) is 7.62. The summed E-state index contributed by atoms with van der Waals surface area (Å²) in [6.07, 6.45) is 2.55. The van der Waals surface area contributed by atoms with Crippen LogP contribution >= 0.6 is 11.3 Å². The van der Waals surface area contributed by atoms with Crippen molar-refractivity contribution in [3.63, 3.8) is 0 Å². The Morgan fingerprint density at radius 1 is 1.50 bits per heavy atom. The Bertz CT molecular complexity index is 667. The van der Waals surface area contributed by atoms with E-state index in [2.05, 4.69) is 4.98 Å². The standard InChI is InChI=1S/C14H14N2O5S/c17-12(18)5-10-6-16(2-4-21-10)14(19)11-8-22-13(15-11)9-1-3-20-7-9/h1,3,7-8,10H,2,4-6H2,(H,17,18). The Morgan fingerprint density at radius 2 is 2.36 bits per heavy atom. The third-order valence-electron chi connectivity index (χ3n) is 3.32. The number of morpholine rings is 1. The molecule has 3 rings (SSSR count). The predicted molar refractivity (Wildman–Crippen MR) is 77.7 cm³/mol. The van der Waals surface area contributed by atoms with Gasteiger partial charge >= 0.3 is 5.97 Å². The van der Waals surface area contributed by atoms with E-state index in [-0.39, 0.29) is 18.9 Å². The molecule has 2 aromatic heterocycles. The van der Waals surface area contributed by atoms with E-state index in [0.29, 0.717) is 23.9 Å². The van der Waals surface area contributed by atoms with E-state index >= 15 is 0 Å². The highest BCUT2D eigenvalue weighted by Gasteiger charge is 2.27. The van der Waals surface area contributed by atoms with Gasteiger partial charge in [0.05, 0.1) is 25.4 Å². The van der Waals surface area contributed by atoms with E-state index < -0.39 is 12.1 Å². The normalized spacial score (nSPS) is 18.4. The summed E-state index contributed by atoms with van der Waals surface area (Å²) in [5.41, 5.74) is 1.19. The minimum atomic E-state index is -0.935. The second kappa shape index (κ2) is 6.29. The summed E-state index contributed by atoms with van der Waals surface area (Å²) in [6.45, 7) is 1.04. The number of ether oxygens (including phenoxy) is 1. The van der Waals surface area contributed by atoms with Gasteiger partial charge in [-0.1, -0.05) is 0 Å². The molecule has 1 aliphatic rings. The molecule has 1 saturated heterocycles. The van der Waals surface area contributed by atoms with Gasteiger partial charge in [-0.3, -0.25) is 9.59 Å². The van der Waals surface area contributed by atoms with Crippen molar-refractivity contribution >= 4 is 23.2 Å². The third kappa shape index (κ3) is 3.18. The molecule has 0 aliphatic carbocycles. The largest absolute Gasteiger partial charge is 0.481 e. The van der Waals surface area contributed by atoms with Crippen LogP contribution < -0.4 is 0 Å². The fraction of sp³-hybridized carbons (Fsp3) is 0.357.